The summed E-state index contributed by atoms with van der Waals surface area (Å²) in [4.78, 5) is 25.5. The van der Waals surface area contributed by atoms with Gasteiger partial charge >= 0.3 is 0 Å². The number of hydrogen-bond donors (Lipinski definition) is 2. The lowest BCUT2D eigenvalue weighted by Crippen LogP contribution is -2.18. The average molecular weight is 297 g/mol. The number of aromatic nitrogens is 1. The number of H-pyrrole nitrogens is 1. The smallest absolute Gasteiger partial charge is 0.272 e. The van der Waals surface area contributed by atoms with Gasteiger partial charge in [-0.2, -0.15) is 0 Å². The van der Waals surface area contributed by atoms with Crippen molar-refractivity contribution < 1.29 is 4.79 Å². The van der Waals surface area contributed by atoms with Crippen LogP contribution in [0.2, 0.25) is 10.0 Å². The van der Waals surface area contributed by atoms with Gasteiger partial charge in [-0.05, 0) is 30.7 Å². The zero-order valence-corrected chi connectivity index (χ0v) is 11.5. The molecule has 19 heavy (non-hydrogen) atoms. The van der Waals surface area contributed by atoms with Gasteiger partial charge in [0.2, 0.25) is 5.56 Å². The molecule has 0 fully saturated rings. The Hall–Kier alpha value is -1.78. The van der Waals surface area contributed by atoms with Gasteiger partial charge in [0.1, 0.15) is 5.69 Å². The highest BCUT2D eigenvalue weighted by molar-refractivity contribution is 6.36. The van der Waals surface area contributed by atoms with Crippen LogP contribution in [0.25, 0.3) is 0 Å². The molecule has 0 saturated heterocycles. The molecular formula is C13H10Cl2N2O2. The van der Waals surface area contributed by atoms with Crippen molar-refractivity contribution in [3.8, 4) is 0 Å². The Kier molecular flexibility index (Phi) is 3.93. The number of aromatic amines is 1. The number of pyridine rings is 1. The lowest BCUT2D eigenvalue weighted by Gasteiger charge is -2.09. The Balaban J connectivity index is 2.29. The van der Waals surface area contributed by atoms with Crippen LogP contribution in [0.5, 0.6) is 0 Å². The van der Waals surface area contributed by atoms with Crippen LogP contribution >= 0.6 is 23.2 Å². The number of halogens is 2. The minimum Gasteiger partial charge on any atom is -0.319 e. The number of benzene rings is 1. The fourth-order valence-electron chi connectivity index (χ4n) is 1.51. The second kappa shape index (κ2) is 5.47. The summed E-state index contributed by atoms with van der Waals surface area (Å²) in [5.41, 5.74) is 1.02. The number of nitrogens with one attached hydrogen (secondary N) is 2. The number of amides is 1. The minimum atomic E-state index is -0.459. The summed E-state index contributed by atoms with van der Waals surface area (Å²) in [5, 5.41) is 3.48. The second-order valence-electron chi connectivity index (χ2n) is 3.96. The normalized spacial score (nSPS) is 10.3. The van der Waals surface area contributed by atoms with E-state index in [4.69, 9.17) is 23.2 Å². The average Bonchev–Trinajstić information content (AvgIpc) is 2.36. The quantitative estimate of drug-likeness (QED) is 0.894. The van der Waals surface area contributed by atoms with Crippen molar-refractivity contribution in [3.05, 3.63) is 62.0 Å². The third-order valence-corrected chi connectivity index (χ3v) is 3.23. The molecule has 98 valence electrons. The molecule has 2 rings (SSSR count). The van der Waals surface area contributed by atoms with Crippen LogP contribution in [-0.2, 0) is 0 Å². The van der Waals surface area contributed by atoms with Crippen molar-refractivity contribution in [1.82, 2.24) is 4.98 Å². The molecule has 2 N–H and O–H groups in total. The first-order chi connectivity index (χ1) is 8.97. The summed E-state index contributed by atoms with van der Waals surface area (Å²) >= 11 is 12.0. The van der Waals surface area contributed by atoms with Gasteiger partial charge in [0, 0.05) is 11.1 Å². The van der Waals surface area contributed by atoms with Crippen LogP contribution in [0.1, 0.15) is 16.1 Å². The summed E-state index contributed by atoms with van der Waals surface area (Å²) < 4.78 is 0. The fourth-order valence-corrected chi connectivity index (χ4v) is 1.94. The predicted molar refractivity (Wildman–Crippen MR) is 76.2 cm³/mol. The zero-order valence-electron chi connectivity index (χ0n) is 9.96. The number of anilines is 1. The lowest BCUT2D eigenvalue weighted by atomic mass is 10.2. The van der Waals surface area contributed by atoms with Gasteiger partial charge in [0.15, 0.2) is 0 Å². The third-order valence-electron chi connectivity index (χ3n) is 2.51. The minimum absolute atomic E-state index is 0.153. The van der Waals surface area contributed by atoms with Gasteiger partial charge in [-0.3, -0.25) is 9.59 Å². The van der Waals surface area contributed by atoms with E-state index in [-0.39, 0.29) is 11.3 Å². The van der Waals surface area contributed by atoms with E-state index < -0.39 is 5.91 Å². The molecule has 0 saturated carbocycles. The molecule has 1 aromatic heterocycles. The van der Waals surface area contributed by atoms with Crippen molar-refractivity contribution in [2.45, 2.75) is 6.92 Å². The van der Waals surface area contributed by atoms with E-state index in [0.29, 0.717) is 15.7 Å². The van der Waals surface area contributed by atoms with E-state index in [1.807, 2.05) is 6.92 Å². The molecule has 0 aliphatic heterocycles. The molecule has 0 unspecified atom stereocenters. The van der Waals surface area contributed by atoms with Gasteiger partial charge in [0.25, 0.3) is 5.91 Å². The summed E-state index contributed by atoms with van der Waals surface area (Å²) in [5.74, 6) is -0.459. The number of rotatable bonds is 2. The lowest BCUT2D eigenvalue weighted by molar-refractivity contribution is 0.102. The molecule has 0 spiro atoms. The first-order valence-electron chi connectivity index (χ1n) is 5.43. The Morgan fingerprint density at radius 3 is 2.63 bits per heavy atom. The van der Waals surface area contributed by atoms with Crippen LogP contribution < -0.4 is 10.9 Å². The van der Waals surface area contributed by atoms with E-state index in [9.17, 15) is 9.59 Å². The van der Waals surface area contributed by atoms with Crippen molar-refractivity contribution in [1.29, 1.82) is 0 Å². The molecule has 4 nitrogen and oxygen atoms in total. The number of carbonyl (C=O) groups excluding carboxylic acids is 1. The van der Waals surface area contributed by atoms with Gasteiger partial charge in [0.05, 0.1) is 10.7 Å². The number of hydrogen-bond acceptors (Lipinski definition) is 2. The monoisotopic (exact) mass is 296 g/mol. The Morgan fingerprint density at radius 1 is 1.21 bits per heavy atom. The maximum atomic E-state index is 11.9. The van der Waals surface area contributed by atoms with Gasteiger partial charge < -0.3 is 10.3 Å². The van der Waals surface area contributed by atoms with E-state index in [1.54, 1.807) is 12.1 Å². The molecule has 0 bridgehead atoms. The molecule has 0 aliphatic rings. The molecule has 2 aromatic rings. The van der Waals surface area contributed by atoms with Crippen molar-refractivity contribution in [2.75, 3.05) is 5.32 Å². The standard InChI is InChI=1S/C13H10Cl2N2O2/c1-7-5-9(15)11(6-8(7)14)17-13(19)10-3-2-4-12(18)16-10/h2-6H,1H3,(H,16,18)(H,17,19). The molecule has 0 atom stereocenters. The maximum Gasteiger partial charge on any atom is 0.272 e. The third kappa shape index (κ3) is 3.16. The Labute approximate surface area is 119 Å². The highest BCUT2D eigenvalue weighted by atomic mass is 35.5. The van der Waals surface area contributed by atoms with Crippen LogP contribution in [0.4, 0.5) is 5.69 Å². The molecule has 0 radical (unpaired) electrons. The van der Waals surface area contributed by atoms with Gasteiger partial charge in [-0.1, -0.05) is 29.3 Å². The van der Waals surface area contributed by atoms with E-state index in [2.05, 4.69) is 10.3 Å². The van der Waals surface area contributed by atoms with E-state index in [0.717, 1.165) is 5.56 Å². The first kappa shape index (κ1) is 13.6. The molecule has 1 aromatic carbocycles. The van der Waals surface area contributed by atoms with Crippen LogP contribution in [-0.4, -0.2) is 10.9 Å². The zero-order chi connectivity index (χ0) is 14.0. The summed E-state index contributed by atoms with van der Waals surface area (Å²) in [6.45, 7) is 1.81. The van der Waals surface area contributed by atoms with E-state index >= 15 is 0 Å². The highest BCUT2D eigenvalue weighted by Crippen LogP contribution is 2.28. The van der Waals surface area contributed by atoms with Crippen molar-refractivity contribution >= 4 is 34.8 Å². The second-order valence-corrected chi connectivity index (χ2v) is 4.78. The predicted octanol–water partition coefficient (Wildman–Crippen LogP) is 3.24. The highest BCUT2D eigenvalue weighted by Gasteiger charge is 2.10. The number of aryl methyl sites for hydroxylation is 1. The topological polar surface area (TPSA) is 62.0 Å². The summed E-state index contributed by atoms with van der Waals surface area (Å²) in [6, 6.07) is 7.55. The van der Waals surface area contributed by atoms with Gasteiger partial charge in [-0.15, -0.1) is 0 Å². The van der Waals surface area contributed by atoms with Crippen LogP contribution in [0.15, 0.2) is 35.1 Å². The number of carbonyl (C=O) groups is 1. The Morgan fingerprint density at radius 2 is 1.95 bits per heavy atom. The molecule has 1 amide bonds. The first-order valence-corrected chi connectivity index (χ1v) is 6.19. The fraction of sp³-hybridized carbons (Fsp3) is 0.0769. The molecule has 0 aliphatic carbocycles. The SMILES string of the molecule is Cc1cc(Cl)c(NC(=O)c2cccc(=O)[nH]2)cc1Cl. The summed E-state index contributed by atoms with van der Waals surface area (Å²) in [6.07, 6.45) is 0. The Bertz CT molecular complexity index is 695. The van der Waals surface area contributed by atoms with Crippen molar-refractivity contribution in [2.24, 2.45) is 0 Å². The van der Waals surface area contributed by atoms with Crippen LogP contribution in [0.3, 0.4) is 0 Å². The van der Waals surface area contributed by atoms with E-state index in [1.165, 1.54) is 18.2 Å². The van der Waals surface area contributed by atoms with Crippen molar-refractivity contribution in [3.63, 3.8) is 0 Å². The molecule has 6 heteroatoms. The summed E-state index contributed by atoms with van der Waals surface area (Å²) in [7, 11) is 0. The van der Waals surface area contributed by atoms with Crippen LogP contribution in [0, 0.1) is 6.92 Å². The maximum absolute atomic E-state index is 11.9. The molecule has 1 heterocycles. The molecular weight excluding hydrogens is 287 g/mol. The largest absolute Gasteiger partial charge is 0.319 e. The van der Waals surface area contributed by atoms with Gasteiger partial charge in [-0.25, -0.2) is 0 Å².